The highest BCUT2D eigenvalue weighted by molar-refractivity contribution is 5.29. The summed E-state index contributed by atoms with van der Waals surface area (Å²) in [4.78, 5) is 0. The minimum Gasteiger partial charge on any atom is -0.316 e. The molecule has 1 unspecified atom stereocenters. The Morgan fingerprint density at radius 2 is 2.00 bits per heavy atom. The van der Waals surface area contributed by atoms with E-state index in [-0.39, 0.29) is 0 Å². The van der Waals surface area contributed by atoms with Gasteiger partial charge >= 0.3 is 0 Å². The molecule has 1 aromatic rings. The summed E-state index contributed by atoms with van der Waals surface area (Å²) in [6.45, 7) is 6.80. The Labute approximate surface area is 92.9 Å². The van der Waals surface area contributed by atoms with E-state index >= 15 is 0 Å². The van der Waals surface area contributed by atoms with E-state index < -0.39 is 0 Å². The molecule has 15 heavy (non-hydrogen) atoms. The zero-order valence-electron chi connectivity index (χ0n) is 9.84. The molecule has 1 aliphatic heterocycles. The van der Waals surface area contributed by atoms with Crippen molar-refractivity contribution in [2.45, 2.75) is 38.5 Å². The lowest BCUT2D eigenvalue weighted by Gasteiger charge is -2.37. The normalized spacial score (nSPS) is 26.5. The predicted molar refractivity (Wildman–Crippen MR) is 65.3 cm³/mol. The maximum Gasteiger partial charge on any atom is 0.00756 e. The van der Waals surface area contributed by atoms with Gasteiger partial charge in [-0.25, -0.2) is 0 Å². The maximum atomic E-state index is 3.54. The summed E-state index contributed by atoms with van der Waals surface area (Å²) >= 11 is 0. The third kappa shape index (κ3) is 2.07. The molecule has 0 radical (unpaired) electrons. The average molecular weight is 203 g/mol. The monoisotopic (exact) mass is 203 g/mol. The van der Waals surface area contributed by atoms with Gasteiger partial charge in [-0.1, -0.05) is 36.8 Å². The molecule has 0 aromatic heterocycles. The molecule has 1 atom stereocenters. The van der Waals surface area contributed by atoms with E-state index in [0.717, 1.165) is 6.54 Å². The van der Waals surface area contributed by atoms with Gasteiger partial charge in [0.25, 0.3) is 0 Å². The first-order valence-corrected chi connectivity index (χ1v) is 6.05. The highest BCUT2D eigenvalue weighted by Gasteiger charge is 2.31. The third-order valence-corrected chi connectivity index (χ3v) is 3.81. The molecule has 1 saturated heterocycles. The summed E-state index contributed by atoms with van der Waals surface area (Å²) in [5, 5.41) is 3.54. The van der Waals surface area contributed by atoms with Crippen molar-refractivity contribution in [1.82, 2.24) is 5.32 Å². The minimum atomic E-state index is 0.395. The van der Waals surface area contributed by atoms with Crippen molar-refractivity contribution in [2.24, 2.45) is 0 Å². The highest BCUT2D eigenvalue weighted by Crippen LogP contribution is 2.34. The van der Waals surface area contributed by atoms with E-state index in [2.05, 4.69) is 43.4 Å². The van der Waals surface area contributed by atoms with E-state index in [4.69, 9.17) is 0 Å². The van der Waals surface area contributed by atoms with Crippen molar-refractivity contribution in [3.63, 3.8) is 0 Å². The first-order valence-electron chi connectivity index (χ1n) is 6.05. The topological polar surface area (TPSA) is 12.0 Å². The molecule has 0 amide bonds. The average Bonchev–Trinajstić information content (AvgIpc) is 2.31. The Morgan fingerprint density at radius 1 is 1.27 bits per heavy atom. The van der Waals surface area contributed by atoms with Crippen molar-refractivity contribution in [3.8, 4) is 0 Å². The van der Waals surface area contributed by atoms with Gasteiger partial charge in [-0.05, 0) is 38.3 Å². The van der Waals surface area contributed by atoms with Gasteiger partial charge < -0.3 is 5.32 Å². The molecule has 1 nitrogen and oxygen atoms in total. The third-order valence-electron chi connectivity index (χ3n) is 3.81. The number of rotatable bonds is 2. The molecule has 0 bridgehead atoms. The largest absolute Gasteiger partial charge is 0.316 e. The summed E-state index contributed by atoms with van der Waals surface area (Å²) in [5.74, 6) is 0. The number of benzene rings is 1. The summed E-state index contributed by atoms with van der Waals surface area (Å²) in [6, 6.07) is 9.10. The van der Waals surface area contributed by atoms with Gasteiger partial charge in [0.05, 0.1) is 0 Å². The van der Waals surface area contributed by atoms with Crippen LogP contribution in [-0.4, -0.2) is 13.1 Å². The van der Waals surface area contributed by atoms with Crippen molar-refractivity contribution in [3.05, 3.63) is 35.4 Å². The van der Waals surface area contributed by atoms with Gasteiger partial charge in [0.2, 0.25) is 0 Å². The van der Waals surface area contributed by atoms with E-state index in [1.807, 2.05) is 0 Å². The highest BCUT2D eigenvalue weighted by atomic mass is 14.9. The molecule has 1 heterocycles. The predicted octanol–water partition coefficient (Wildman–Crippen LogP) is 3.03. The van der Waals surface area contributed by atoms with Crippen LogP contribution in [-0.2, 0) is 5.41 Å². The molecule has 0 saturated carbocycles. The molecular formula is C14H21N. The summed E-state index contributed by atoms with van der Waals surface area (Å²) in [5.41, 5.74) is 3.27. The van der Waals surface area contributed by atoms with Crippen LogP contribution in [0.25, 0.3) is 0 Å². The Balaban J connectivity index is 2.28. The molecule has 1 aliphatic rings. The fraction of sp³-hybridized carbons (Fsp3) is 0.571. The van der Waals surface area contributed by atoms with Gasteiger partial charge in [0, 0.05) is 12.0 Å². The lowest BCUT2D eigenvalue weighted by atomic mass is 9.73. The molecule has 0 aliphatic carbocycles. The fourth-order valence-electron chi connectivity index (χ4n) is 2.63. The quantitative estimate of drug-likeness (QED) is 0.779. The van der Waals surface area contributed by atoms with Gasteiger partial charge in [0.1, 0.15) is 0 Å². The minimum absolute atomic E-state index is 0.395. The van der Waals surface area contributed by atoms with Gasteiger partial charge in [0.15, 0.2) is 0 Å². The number of piperidine rings is 1. The molecule has 1 aromatic carbocycles. The SMILES string of the molecule is CCC1(c2ccc(C)cc2)CCCNC1. The van der Waals surface area contributed by atoms with Crippen molar-refractivity contribution in [2.75, 3.05) is 13.1 Å². The van der Waals surface area contributed by atoms with E-state index in [0.29, 0.717) is 5.41 Å². The van der Waals surface area contributed by atoms with Gasteiger partial charge in [-0.2, -0.15) is 0 Å². The van der Waals surface area contributed by atoms with Crippen LogP contribution in [0, 0.1) is 6.92 Å². The van der Waals surface area contributed by atoms with Crippen LogP contribution in [0.4, 0.5) is 0 Å². The Morgan fingerprint density at radius 3 is 2.53 bits per heavy atom. The summed E-state index contributed by atoms with van der Waals surface area (Å²) < 4.78 is 0. The standard InChI is InChI=1S/C14H21N/c1-3-14(9-4-10-15-11-14)13-7-5-12(2)6-8-13/h5-8,15H,3-4,9-11H2,1-2H3. The van der Waals surface area contributed by atoms with Gasteiger partial charge in [-0.3, -0.25) is 0 Å². The Hall–Kier alpha value is -0.820. The molecule has 1 fully saturated rings. The van der Waals surface area contributed by atoms with Crippen LogP contribution < -0.4 is 5.32 Å². The Kier molecular flexibility index (Phi) is 3.11. The number of hydrogen-bond donors (Lipinski definition) is 1. The lowest BCUT2D eigenvalue weighted by Crippen LogP contribution is -2.42. The first-order chi connectivity index (χ1) is 7.27. The maximum absolute atomic E-state index is 3.54. The van der Waals surface area contributed by atoms with Crippen molar-refractivity contribution < 1.29 is 0 Å². The summed E-state index contributed by atoms with van der Waals surface area (Å²) in [7, 11) is 0. The smallest absolute Gasteiger partial charge is 0.00756 e. The molecule has 0 spiro atoms. The molecule has 82 valence electrons. The zero-order valence-corrected chi connectivity index (χ0v) is 9.84. The van der Waals surface area contributed by atoms with Crippen LogP contribution in [0.1, 0.15) is 37.3 Å². The second-order valence-corrected chi connectivity index (χ2v) is 4.78. The summed E-state index contributed by atoms with van der Waals surface area (Å²) in [6.07, 6.45) is 3.88. The molecule has 1 N–H and O–H groups in total. The number of aryl methyl sites for hydroxylation is 1. The molecule has 1 heteroatoms. The first kappa shape index (κ1) is 10.7. The van der Waals surface area contributed by atoms with E-state index in [1.54, 1.807) is 0 Å². The van der Waals surface area contributed by atoms with Crippen molar-refractivity contribution >= 4 is 0 Å². The lowest BCUT2D eigenvalue weighted by molar-refractivity contribution is 0.303. The molecular weight excluding hydrogens is 182 g/mol. The van der Waals surface area contributed by atoms with Crippen molar-refractivity contribution in [1.29, 1.82) is 0 Å². The number of hydrogen-bond acceptors (Lipinski definition) is 1. The van der Waals surface area contributed by atoms with Crippen LogP contribution in [0.15, 0.2) is 24.3 Å². The van der Waals surface area contributed by atoms with E-state index in [9.17, 15) is 0 Å². The second-order valence-electron chi connectivity index (χ2n) is 4.78. The van der Waals surface area contributed by atoms with Crippen LogP contribution >= 0.6 is 0 Å². The van der Waals surface area contributed by atoms with Crippen LogP contribution in [0.3, 0.4) is 0 Å². The molecule has 2 rings (SSSR count). The Bertz CT molecular complexity index is 307. The number of nitrogens with one attached hydrogen (secondary N) is 1. The second kappa shape index (κ2) is 4.36. The van der Waals surface area contributed by atoms with E-state index in [1.165, 1.54) is 36.9 Å². The van der Waals surface area contributed by atoms with Crippen LogP contribution in [0.2, 0.25) is 0 Å². The van der Waals surface area contributed by atoms with Gasteiger partial charge in [-0.15, -0.1) is 0 Å². The van der Waals surface area contributed by atoms with Crippen LogP contribution in [0.5, 0.6) is 0 Å². The fourth-order valence-corrected chi connectivity index (χ4v) is 2.63. The zero-order chi connectivity index (χ0) is 10.7.